The van der Waals surface area contributed by atoms with Crippen LogP contribution in [0.1, 0.15) is 31.0 Å². The molecule has 2 aromatic rings. The minimum atomic E-state index is -0.257. The van der Waals surface area contributed by atoms with Crippen LogP contribution in [-0.4, -0.2) is 53.2 Å². The summed E-state index contributed by atoms with van der Waals surface area (Å²) in [7, 11) is 0. The van der Waals surface area contributed by atoms with Gasteiger partial charge in [0.1, 0.15) is 5.82 Å². The first-order valence-electron chi connectivity index (χ1n) is 8.95. The van der Waals surface area contributed by atoms with E-state index in [1.54, 1.807) is 24.7 Å². The molecule has 0 spiro atoms. The average molecular weight is 360 g/mol. The zero-order chi connectivity index (χ0) is 18.4. The summed E-state index contributed by atoms with van der Waals surface area (Å²) < 4.78 is 20.6. The van der Waals surface area contributed by atoms with E-state index in [0.29, 0.717) is 26.2 Å². The van der Waals surface area contributed by atoms with E-state index in [4.69, 9.17) is 4.74 Å². The molecule has 0 saturated carbocycles. The lowest BCUT2D eigenvalue weighted by Crippen LogP contribution is -2.44. The molecule has 0 aliphatic carbocycles. The molecule has 3 rings (SSSR count). The van der Waals surface area contributed by atoms with Gasteiger partial charge in [-0.3, -0.25) is 9.69 Å². The molecule has 1 fully saturated rings. The van der Waals surface area contributed by atoms with Gasteiger partial charge in [0.2, 0.25) is 5.91 Å². The Hall–Kier alpha value is -2.25. The molecule has 140 valence electrons. The van der Waals surface area contributed by atoms with Crippen LogP contribution in [0.2, 0.25) is 0 Å². The SMILES string of the molecule is C[C@@H](CC(=O)NC[C@@H](c1ccc(F)cc1)N1CCOCC1)n1ccnc1. The number of amides is 1. The third-order valence-electron chi connectivity index (χ3n) is 4.75. The van der Waals surface area contributed by atoms with Crippen molar-refractivity contribution in [1.82, 2.24) is 19.8 Å². The summed E-state index contributed by atoms with van der Waals surface area (Å²) in [5.41, 5.74) is 0.997. The molecule has 1 amide bonds. The molecule has 0 bridgehead atoms. The number of hydrogen-bond acceptors (Lipinski definition) is 4. The molecule has 2 heterocycles. The summed E-state index contributed by atoms with van der Waals surface area (Å²) in [6.07, 6.45) is 5.66. The molecule has 0 unspecified atom stereocenters. The molecule has 26 heavy (non-hydrogen) atoms. The van der Waals surface area contributed by atoms with E-state index in [2.05, 4.69) is 15.2 Å². The van der Waals surface area contributed by atoms with Gasteiger partial charge in [-0.15, -0.1) is 0 Å². The van der Waals surface area contributed by atoms with Crippen LogP contribution >= 0.6 is 0 Å². The van der Waals surface area contributed by atoms with Gasteiger partial charge in [0.25, 0.3) is 0 Å². The lowest BCUT2D eigenvalue weighted by atomic mass is 10.0. The molecule has 1 aliphatic heterocycles. The van der Waals surface area contributed by atoms with Gasteiger partial charge in [-0.2, -0.15) is 0 Å². The van der Waals surface area contributed by atoms with Gasteiger partial charge in [0.15, 0.2) is 0 Å². The molecule has 0 radical (unpaired) electrons. The second-order valence-electron chi connectivity index (χ2n) is 6.58. The summed E-state index contributed by atoms with van der Waals surface area (Å²) in [5.74, 6) is -0.265. The highest BCUT2D eigenvalue weighted by Crippen LogP contribution is 2.22. The second kappa shape index (κ2) is 8.91. The molecular weight excluding hydrogens is 335 g/mol. The lowest BCUT2D eigenvalue weighted by molar-refractivity contribution is -0.122. The van der Waals surface area contributed by atoms with E-state index in [0.717, 1.165) is 18.7 Å². The van der Waals surface area contributed by atoms with Gasteiger partial charge in [0.05, 0.1) is 25.6 Å². The highest BCUT2D eigenvalue weighted by molar-refractivity contribution is 5.76. The molecule has 1 saturated heterocycles. The van der Waals surface area contributed by atoms with Gasteiger partial charge in [-0.05, 0) is 24.6 Å². The van der Waals surface area contributed by atoms with Crippen molar-refractivity contribution in [2.45, 2.75) is 25.4 Å². The van der Waals surface area contributed by atoms with Gasteiger partial charge in [-0.1, -0.05) is 12.1 Å². The fourth-order valence-corrected chi connectivity index (χ4v) is 3.22. The number of hydrogen-bond donors (Lipinski definition) is 1. The monoisotopic (exact) mass is 360 g/mol. The zero-order valence-corrected chi connectivity index (χ0v) is 15.0. The fraction of sp³-hybridized carbons (Fsp3) is 0.474. The molecule has 1 aromatic carbocycles. The number of imidazole rings is 1. The maximum absolute atomic E-state index is 13.3. The van der Waals surface area contributed by atoms with E-state index in [9.17, 15) is 9.18 Å². The van der Waals surface area contributed by atoms with Crippen molar-refractivity contribution in [2.24, 2.45) is 0 Å². The van der Waals surface area contributed by atoms with E-state index in [-0.39, 0.29) is 23.8 Å². The van der Waals surface area contributed by atoms with Crippen LogP contribution in [0.3, 0.4) is 0 Å². The van der Waals surface area contributed by atoms with Gasteiger partial charge < -0.3 is 14.6 Å². The first-order valence-corrected chi connectivity index (χ1v) is 8.95. The van der Waals surface area contributed by atoms with Gasteiger partial charge >= 0.3 is 0 Å². The van der Waals surface area contributed by atoms with Crippen LogP contribution in [-0.2, 0) is 9.53 Å². The number of benzene rings is 1. The number of carbonyl (C=O) groups excluding carboxylic acids is 1. The van der Waals surface area contributed by atoms with Crippen LogP contribution in [0, 0.1) is 5.82 Å². The molecule has 6 nitrogen and oxygen atoms in total. The normalized spacial score (nSPS) is 17.6. The summed E-state index contributed by atoms with van der Waals surface area (Å²) in [6.45, 7) is 5.40. The molecule has 2 atom stereocenters. The maximum atomic E-state index is 13.3. The number of nitrogens with one attached hydrogen (secondary N) is 1. The minimum Gasteiger partial charge on any atom is -0.379 e. The second-order valence-corrected chi connectivity index (χ2v) is 6.58. The van der Waals surface area contributed by atoms with Crippen molar-refractivity contribution in [2.75, 3.05) is 32.8 Å². The summed E-state index contributed by atoms with van der Waals surface area (Å²) in [5, 5.41) is 3.04. The van der Waals surface area contributed by atoms with Gasteiger partial charge in [-0.25, -0.2) is 9.37 Å². The molecule has 7 heteroatoms. The predicted octanol–water partition coefficient (Wildman–Crippen LogP) is 2.16. The van der Waals surface area contributed by atoms with Crippen LogP contribution in [0.15, 0.2) is 43.0 Å². The van der Waals surface area contributed by atoms with Crippen LogP contribution < -0.4 is 5.32 Å². The van der Waals surface area contributed by atoms with Crippen molar-refractivity contribution in [1.29, 1.82) is 0 Å². The molecule has 1 aliphatic rings. The Morgan fingerprint density at radius 2 is 2.04 bits per heavy atom. The van der Waals surface area contributed by atoms with E-state index >= 15 is 0 Å². The summed E-state index contributed by atoms with van der Waals surface area (Å²) in [6, 6.07) is 6.56. The number of carbonyl (C=O) groups is 1. The number of rotatable bonds is 7. The first-order chi connectivity index (χ1) is 12.6. The number of nitrogens with zero attached hydrogens (tertiary/aromatic N) is 3. The number of aromatic nitrogens is 2. The Labute approximate surface area is 153 Å². The largest absolute Gasteiger partial charge is 0.379 e. The smallest absolute Gasteiger partial charge is 0.222 e. The zero-order valence-electron chi connectivity index (χ0n) is 15.0. The van der Waals surface area contributed by atoms with Crippen LogP contribution in [0.25, 0.3) is 0 Å². The van der Waals surface area contributed by atoms with E-state index < -0.39 is 0 Å². The standard InChI is InChI=1S/C19H25FN4O2/c1-15(24-7-6-21-14-24)12-19(25)22-13-18(23-8-10-26-11-9-23)16-2-4-17(20)5-3-16/h2-7,14-15,18H,8-13H2,1H3,(H,22,25)/t15-,18-/m0/s1. The molecule has 1 aromatic heterocycles. The highest BCUT2D eigenvalue weighted by Gasteiger charge is 2.23. The van der Waals surface area contributed by atoms with E-state index in [1.165, 1.54) is 12.1 Å². The van der Waals surface area contributed by atoms with Crippen LogP contribution in [0.4, 0.5) is 4.39 Å². The fourth-order valence-electron chi connectivity index (χ4n) is 3.22. The van der Waals surface area contributed by atoms with Crippen molar-refractivity contribution < 1.29 is 13.9 Å². The Morgan fingerprint density at radius 1 is 1.31 bits per heavy atom. The quantitative estimate of drug-likeness (QED) is 0.822. The topological polar surface area (TPSA) is 59.4 Å². The third kappa shape index (κ3) is 4.89. The van der Waals surface area contributed by atoms with E-state index in [1.807, 2.05) is 17.7 Å². The maximum Gasteiger partial charge on any atom is 0.222 e. The Bertz CT molecular complexity index is 684. The Balaban J connectivity index is 1.61. The summed E-state index contributed by atoms with van der Waals surface area (Å²) in [4.78, 5) is 18.7. The minimum absolute atomic E-state index is 0.00648. The van der Waals surface area contributed by atoms with Gasteiger partial charge in [0, 0.05) is 44.5 Å². The molecular formula is C19H25FN4O2. The molecule has 1 N–H and O–H groups in total. The lowest BCUT2D eigenvalue weighted by Gasteiger charge is -2.35. The van der Waals surface area contributed by atoms with Crippen molar-refractivity contribution in [3.05, 3.63) is 54.4 Å². The number of morpholine rings is 1. The van der Waals surface area contributed by atoms with Crippen molar-refractivity contribution in [3.8, 4) is 0 Å². The number of ether oxygens (including phenoxy) is 1. The highest BCUT2D eigenvalue weighted by atomic mass is 19.1. The van der Waals surface area contributed by atoms with Crippen LogP contribution in [0.5, 0.6) is 0 Å². The Kier molecular flexibility index (Phi) is 6.35. The van der Waals surface area contributed by atoms with Crippen molar-refractivity contribution in [3.63, 3.8) is 0 Å². The average Bonchev–Trinajstić information content (AvgIpc) is 3.19. The Morgan fingerprint density at radius 3 is 2.69 bits per heavy atom. The van der Waals surface area contributed by atoms with Crippen molar-refractivity contribution >= 4 is 5.91 Å². The number of halogens is 1. The predicted molar refractivity (Wildman–Crippen MR) is 96.1 cm³/mol. The first kappa shape index (κ1) is 18.5. The summed E-state index contributed by atoms with van der Waals surface area (Å²) >= 11 is 0. The third-order valence-corrected chi connectivity index (χ3v) is 4.75.